The molecular formula is C20H24N2O3. The number of benzene rings is 1. The number of carbonyl (C=O) groups excluding carboxylic acids is 1. The Morgan fingerprint density at radius 2 is 2.00 bits per heavy atom. The fourth-order valence-corrected chi connectivity index (χ4v) is 3.38. The minimum absolute atomic E-state index is 0.0197. The van der Waals surface area contributed by atoms with E-state index in [1.165, 1.54) is 0 Å². The van der Waals surface area contributed by atoms with Gasteiger partial charge in [0.15, 0.2) is 0 Å². The lowest BCUT2D eigenvalue weighted by Gasteiger charge is -2.13. The number of rotatable bonds is 5. The molecule has 1 aliphatic rings. The third-order valence-electron chi connectivity index (χ3n) is 4.73. The maximum atomic E-state index is 12.7. The fourth-order valence-electron chi connectivity index (χ4n) is 3.38. The van der Waals surface area contributed by atoms with Crippen LogP contribution < -0.4 is 10.1 Å². The number of aryl methyl sites for hydroxylation is 1. The van der Waals surface area contributed by atoms with E-state index in [2.05, 4.69) is 9.88 Å². The van der Waals surface area contributed by atoms with E-state index in [4.69, 9.17) is 4.74 Å². The summed E-state index contributed by atoms with van der Waals surface area (Å²) >= 11 is 0. The third kappa shape index (κ3) is 3.46. The van der Waals surface area contributed by atoms with Crippen molar-refractivity contribution in [2.24, 2.45) is 5.92 Å². The number of aliphatic hydroxyl groups excluding tert-OH is 1. The maximum Gasteiger partial charge on any atom is 0.253 e. The van der Waals surface area contributed by atoms with Gasteiger partial charge in [0.25, 0.3) is 5.91 Å². The monoisotopic (exact) mass is 340 g/mol. The van der Waals surface area contributed by atoms with Crippen molar-refractivity contribution in [2.45, 2.75) is 26.3 Å². The summed E-state index contributed by atoms with van der Waals surface area (Å²) in [6, 6.07) is 9.67. The Morgan fingerprint density at radius 3 is 2.60 bits per heavy atom. The van der Waals surface area contributed by atoms with Crippen LogP contribution in [0.3, 0.4) is 0 Å². The molecule has 0 saturated heterocycles. The Bertz CT molecular complexity index is 790. The normalized spacial score (nSPS) is 19.2. The van der Waals surface area contributed by atoms with Crippen LogP contribution in [-0.2, 0) is 0 Å². The van der Waals surface area contributed by atoms with Crippen molar-refractivity contribution < 1.29 is 14.6 Å². The summed E-state index contributed by atoms with van der Waals surface area (Å²) in [5.41, 5.74) is 3.58. The van der Waals surface area contributed by atoms with Gasteiger partial charge in [0.2, 0.25) is 0 Å². The zero-order valence-corrected chi connectivity index (χ0v) is 14.8. The van der Waals surface area contributed by atoms with Crippen LogP contribution in [0.25, 0.3) is 5.69 Å². The average molecular weight is 340 g/mol. The van der Waals surface area contributed by atoms with Crippen molar-refractivity contribution in [2.75, 3.05) is 13.7 Å². The number of ether oxygens (including phenoxy) is 1. The predicted molar refractivity (Wildman–Crippen MR) is 97.4 cm³/mol. The molecule has 2 aromatic rings. The summed E-state index contributed by atoms with van der Waals surface area (Å²) in [4.78, 5) is 12.7. The zero-order chi connectivity index (χ0) is 18.0. The van der Waals surface area contributed by atoms with Gasteiger partial charge < -0.3 is 19.7 Å². The van der Waals surface area contributed by atoms with Crippen molar-refractivity contribution in [1.82, 2.24) is 9.88 Å². The fraction of sp³-hybridized carbons (Fsp3) is 0.350. The Balaban J connectivity index is 1.81. The summed E-state index contributed by atoms with van der Waals surface area (Å²) in [5.74, 6) is 0.855. The molecule has 25 heavy (non-hydrogen) atoms. The molecule has 1 aromatic heterocycles. The lowest BCUT2D eigenvalue weighted by molar-refractivity contribution is 0.0940. The van der Waals surface area contributed by atoms with Gasteiger partial charge >= 0.3 is 0 Å². The van der Waals surface area contributed by atoms with Crippen molar-refractivity contribution in [3.05, 3.63) is 59.4 Å². The summed E-state index contributed by atoms with van der Waals surface area (Å²) < 4.78 is 7.27. The molecule has 0 unspecified atom stereocenters. The first kappa shape index (κ1) is 17.3. The average Bonchev–Trinajstić information content (AvgIpc) is 3.19. The minimum Gasteiger partial charge on any atom is -0.497 e. The molecule has 1 aromatic carbocycles. The van der Waals surface area contributed by atoms with E-state index in [0.717, 1.165) is 29.2 Å². The summed E-state index contributed by atoms with van der Waals surface area (Å²) in [6.45, 7) is 4.06. The first-order valence-electron chi connectivity index (χ1n) is 8.47. The maximum absolute atomic E-state index is 12.7. The largest absolute Gasteiger partial charge is 0.497 e. The zero-order valence-electron chi connectivity index (χ0n) is 14.8. The molecule has 1 heterocycles. The first-order chi connectivity index (χ1) is 12.0. The van der Waals surface area contributed by atoms with Crippen molar-refractivity contribution >= 4 is 5.91 Å². The number of nitrogens with one attached hydrogen (secondary N) is 1. The third-order valence-corrected chi connectivity index (χ3v) is 4.73. The number of hydrogen-bond acceptors (Lipinski definition) is 3. The van der Waals surface area contributed by atoms with E-state index < -0.39 is 0 Å². The minimum atomic E-state index is -0.0823. The Labute approximate surface area is 147 Å². The molecule has 132 valence electrons. The number of nitrogens with zero attached hydrogens (tertiary/aromatic N) is 1. The molecule has 5 heteroatoms. The van der Waals surface area contributed by atoms with E-state index in [9.17, 15) is 9.90 Å². The number of hydrogen-bond donors (Lipinski definition) is 2. The predicted octanol–water partition coefficient (Wildman–Crippen LogP) is 2.77. The molecule has 0 saturated carbocycles. The van der Waals surface area contributed by atoms with Crippen LogP contribution in [0.4, 0.5) is 0 Å². The van der Waals surface area contributed by atoms with Gasteiger partial charge in [-0.25, -0.2) is 0 Å². The van der Waals surface area contributed by atoms with Crippen LogP contribution in [-0.4, -0.2) is 35.3 Å². The van der Waals surface area contributed by atoms with Gasteiger partial charge in [0.1, 0.15) is 5.75 Å². The molecule has 2 atom stereocenters. The standard InChI is InChI=1S/C20H24N2O3/c1-13-10-19(20(24)21-16-5-4-15(11-16)12-23)14(2)22(13)17-6-8-18(25-3)9-7-17/h4-10,15-16,23H,11-12H2,1-3H3,(H,21,24)/t15-,16+/m0/s1. The smallest absolute Gasteiger partial charge is 0.253 e. The topological polar surface area (TPSA) is 63.5 Å². The molecule has 0 spiro atoms. The van der Waals surface area contributed by atoms with Gasteiger partial charge in [-0.05, 0) is 50.6 Å². The second kappa shape index (κ2) is 7.15. The highest BCUT2D eigenvalue weighted by atomic mass is 16.5. The van der Waals surface area contributed by atoms with Crippen LogP contribution >= 0.6 is 0 Å². The second-order valence-corrected chi connectivity index (χ2v) is 6.46. The first-order valence-corrected chi connectivity index (χ1v) is 8.47. The number of methoxy groups -OCH3 is 1. The molecule has 0 radical (unpaired) electrons. The summed E-state index contributed by atoms with van der Waals surface area (Å²) in [6.07, 6.45) is 4.67. The van der Waals surface area contributed by atoms with Crippen molar-refractivity contribution in [3.8, 4) is 11.4 Å². The van der Waals surface area contributed by atoms with Gasteiger partial charge in [-0.1, -0.05) is 12.2 Å². The number of aromatic nitrogens is 1. The number of carbonyl (C=O) groups is 1. The van der Waals surface area contributed by atoms with Crippen molar-refractivity contribution in [1.29, 1.82) is 0 Å². The molecule has 0 bridgehead atoms. The van der Waals surface area contributed by atoms with E-state index in [-0.39, 0.29) is 24.5 Å². The molecule has 1 aliphatic carbocycles. The highest BCUT2D eigenvalue weighted by Crippen LogP contribution is 2.24. The van der Waals surface area contributed by atoms with Gasteiger partial charge in [-0.15, -0.1) is 0 Å². The Hall–Kier alpha value is -2.53. The number of amides is 1. The Morgan fingerprint density at radius 1 is 1.28 bits per heavy atom. The van der Waals surface area contributed by atoms with Gasteiger partial charge in [-0.3, -0.25) is 4.79 Å². The van der Waals surface area contributed by atoms with Crippen LogP contribution in [0, 0.1) is 19.8 Å². The molecule has 2 N–H and O–H groups in total. The summed E-state index contributed by atoms with van der Waals surface area (Å²) in [7, 11) is 1.64. The molecular weight excluding hydrogens is 316 g/mol. The van der Waals surface area contributed by atoms with Crippen LogP contribution in [0.15, 0.2) is 42.5 Å². The summed E-state index contributed by atoms with van der Waals surface area (Å²) in [5, 5.41) is 12.2. The van der Waals surface area contributed by atoms with Crippen LogP contribution in [0.2, 0.25) is 0 Å². The van der Waals surface area contributed by atoms with E-state index in [0.29, 0.717) is 5.56 Å². The quantitative estimate of drug-likeness (QED) is 0.823. The van der Waals surface area contributed by atoms with Gasteiger partial charge in [0, 0.05) is 35.6 Å². The lowest BCUT2D eigenvalue weighted by Crippen LogP contribution is -2.33. The van der Waals surface area contributed by atoms with Crippen LogP contribution in [0.5, 0.6) is 5.75 Å². The second-order valence-electron chi connectivity index (χ2n) is 6.46. The van der Waals surface area contributed by atoms with Crippen molar-refractivity contribution in [3.63, 3.8) is 0 Å². The highest BCUT2D eigenvalue weighted by Gasteiger charge is 2.22. The number of aliphatic hydroxyl groups is 1. The van der Waals surface area contributed by atoms with Gasteiger partial charge in [0.05, 0.1) is 12.7 Å². The Kier molecular flexibility index (Phi) is 4.95. The van der Waals surface area contributed by atoms with Crippen LogP contribution in [0.1, 0.15) is 28.2 Å². The molecule has 0 fully saturated rings. The SMILES string of the molecule is COc1ccc(-n2c(C)cc(C(=O)N[C@@H]3C=C[C@H](CO)C3)c2C)cc1. The van der Waals surface area contributed by atoms with E-state index in [1.807, 2.05) is 56.3 Å². The van der Waals surface area contributed by atoms with E-state index in [1.54, 1.807) is 7.11 Å². The van der Waals surface area contributed by atoms with Gasteiger partial charge in [-0.2, -0.15) is 0 Å². The molecule has 5 nitrogen and oxygen atoms in total. The highest BCUT2D eigenvalue weighted by molar-refractivity contribution is 5.96. The molecule has 0 aliphatic heterocycles. The molecule has 1 amide bonds. The lowest BCUT2D eigenvalue weighted by atomic mass is 10.1. The molecule has 3 rings (SSSR count). The van der Waals surface area contributed by atoms with E-state index >= 15 is 0 Å².